The first kappa shape index (κ1) is 20.9. The van der Waals surface area contributed by atoms with E-state index >= 15 is 0 Å². The highest BCUT2D eigenvalue weighted by molar-refractivity contribution is 8.00. The van der Waals surface area contributed by atoms with Crippen molar-refractivity contribution in [3.63, 3.8) is 0 Å². The van der Waals surface area contributed by atoms with Gasteiger partial charge >= 0.3 is 5.97 Å². The second-order valence-corrected chi connectivity index (χ2v) is 9.65. The van der Waals surface area contributed by atoms with E-state index in [9.17, 15) is 13.2 Å². The molecule has 0 aliphatic rings. The number of benzene rings is 3. The standard InChI is InChI=1S/C22H14N4O5S2/c27-22(28)14-6-8-15(9-7-14)26-33(29,30)21-18(11-10-16-20(21)25-31-24-16)32-17-5-1-3-13-4-2-12-23-19(13)17/h1-12,26H,(H,27,28). The van der Waals surface area contributed by atoms with Crippen LogP contribution in [0.1, 0.15) is 10.4 Å². The van der Waals surface area contributed by atoms with Crippen molar-refractivity contribution in [2.75, 3.05) is 4.72 Å². The molecule has 0 aliphatic carbocycles. The minimum Gasteiger partial charge on any atom is -0.478 e. The van der Waals surface area contributed by atoms with Gasteiger partial charge in [0, 0.05) is 27.1 Å². The van der Waals surface area contributed by atoms with E-state index in [-0.39, 0.29) is 27.2 Å². The number of hydrogen-bond donors (Lipinski definition) is 2. The topological polar surface area (TPSA) is 135 Å². The number of sulfonamides is 1. The molecular formula is C22H14N4O5S2. The van der Waals surface area contributed by atoms with Gasteiger partial charge in [-0.3, -0.25) is 9.71 Å². The zero-order valence-corrected chi connectivity index (χ0v) is 18.3. The highest BCUT2D eigenvalue weighted by atomic mass is 32.2. The van der Waals surface area contributed by atoms with Gasteiger partial charge in [0.25, 0.3) is 10.0 Å². The summed E-state index contributed by atoms with van der Waals surface area (Å²) in [6.45, 7) is 0. The van der Waals surface area contributed by atoms with Gasteiger partial charge < -0.3 is 5.11 Å². The Kier molecular flexibility index (Phi) is 5.19. The zero-order valence-electron chi connectivity index (χ0n) is 16.7. The molecule has 0 saturated heterocycles. The Morgan fingerprint density at radius 1 is 0.909 bits per heavy atom. The molecule has 0 radical (unpaired) electrons. The van der Waals surface area contributed by atoms with Crippen LogP contribution in [0, 0.1) is 0 Å². The largest absolute Gasteiger partial charge is 0.478 e. The fourth-order valence-corrected chi connectivity index (χ4v) is 6.02. The summed E-state index contributed by atoms with van der Waals surface area (Å²) < 4.78 is 34.2. The summed E-state index contributed by atoms with van der Waals surface area (Å²) in [5.41, 5.74) is 1.36. The van der Waals surface area contributed by atoms with Gasteiger partial charge in [-0.15, -0.1) is 0 Å². The van der Waals surface area contributed by atoms with Crippen molar-refractivity contribution < 1.29 is 22.9 Å². The number of carboxylic acids is 1. The maximum Gasteiger partial charge on any atom is 0.335 e. The predicted octanol–water partition coefficient (Wildman–Crippen LogP) is 4.42. The number of rotatable bonds is 6. The molecule has 5 rings (SSSR count). The fraction of sp³-hybridized carbons (Fsp3) is 0. The van der Waals surface area contributed by atoms with E-state index < -0.39 is 16.0 Å². The molecule has 33 heavy (non-hydrogen) atoms. The summed E-state index contributed by atoms with van der Waals surface area (Å²) >= 11 is 1.24. The highest BCUT2D eigenvalue weighted by Gasteiger charge is 2.26. The molecule has 2 N–H and O–H groups in total. The van der Waals surface area contributed by atoms with E-state index in [1.54, 1.807) is 18.3 Å². The van der Waals surface area contributed by atoms with Crippen LogP contribution < -0.4 is 4.72 Å². The number of pyridine rings is 1. The molecule has 0 unspecified atom stereocenters. The van der Waals surface area contributed by atoms with Crippen LogP contribution in [0.15, 0.2) is 92.2 Å². The summed E-state index contributed by atoms with van der Waals surface area (Å²) in [5, 5.41) is 17.6. The molecule has 0 spiro atoms. The van der Waals surface area contributed by atoms with Crippen molar-refractivity contribution in [2.24, 2.45) is 0 Å². The van der Waals surface area contributed by atoms with Crippen molar-refractivity contribution in [2.45, 2.75) is 14.7 Å². The molecule has 164 valence electrons. The normalized spacial score (nSPS) is 11.6. The van der Waals surface area contributed by atoms with Gasteiger partial charge in [0.2, 0.25) is 0 Å². The van der Waals surface area contributed by atoms with Gasteiger partial charge in [-0.1, -0.05) is 30.0 Å². The first-order valence-corrected chi connectivity index (χ1v) is 11.9. The average Bonchev–Trinajstić information content (AvgIpc) is 3.28. The minimum absolute atomic E-state index is 0.0421. The average molecular weight is 479 g/mol. The third-order valence-corrected chi connectivity index (χ3v) is 7.51. The molecule has 0 atom stereocenters. The van der Waals surface area contributed by atoms with Crippen LogP contribution >= 0.6 is 11.8 Å². The molecule has 0 saturated carbocycles. The van der Waals surface area contributed by atoms with Gasteiger partial charge in [-0.2, -0.15) is 0 Å². The molecule has 11 heteroatoms. The van der Waals surface area contributed by atoms with Crippen LogP contribution in [0.4, 0.5) is 5.69 Å². The molecule has 9 nitrogen and oxygen atoms in total. The van der Waals surface area contributed by atoms with Crippen molar-refractivity contribution in [3.8, 4) is 0 Å². The van der Waals surface area contributed by atoms with Gasteiger partial charge in [-0.05, 0) is 58.8 Å². The van der Waals surface area contributed by atoms with E-state index in [1.165, 1.54) is 36.0 Å². The number of carboxylic acid groups (broad SMARTS) is 1. The number of nitrogens with one attached hydrogen (secondary N) is 1. The lowest BCUT2D eigenvalue weighted by Crippen LogP contribution is -2.15. The number of aromatic nitrogens is 3. The summed E-state index contributed by atoms with van der Waals surface area (Å²) in [6.07, 6.45) is 1.68. The number of anilines is 1. The monoisotopic (exact) mass is 478 g/mol. The van der Waals surface area contributed by atoms with Crippen LogP contribution in [0.3, 0.4) is 0 Å². The molecule has 0 aliphatic heterocycles. The molecule has 0 fully saturated rings. The summed E-state index contributed by atoms with van der Waals surface area (Å²) in [4.78, 5) is 16.6. The number of fused-ring (bicyclic) bond motifs is 2. The summed E-state index contributed by atoms with van der Waals surface area (Å²) in [6, 6.07) is 18.1. The number of hydrogen-bond acceptors (Lipinski definition) is 8. The van der Waals surface area contributed by atoms with Crippen LogP contribution in [-0.4, -0.2) is 34.8 Å². The molecule has 2 heterocycles. The SMILES string of the molecule is O=C(O)c1ccc(NS(=O)(=O)c2c(Sc3cccc4cccnc34)ccc3nonc23)cc1. The Balaban J connectivity index is 1.60. The van der Waals surface area contributed by atoms with E-state index in [0.717, 1.165) is 15.8 Å². The molecule has 0 amide bonds. The smallest absolute Gasteiger partial charge is 0.335 e. The van der Waals surface area contributed by atoms with Crippen molar-refractivity contribution >= 4 is 55.4 Å². The first-order chi connectivity index (χ1) is 15.9. The van der Waals surface area contributed by atoms with Crippen LogP contribution in [0.5, 0.6) is 0 Å². The summed E-state index contributed by atoms with van der Waals surface area (Å²) in [5.74, 6) is -1.11. The van der Waals surface area contributed by atoms with Crippen molar-refractivity contribution in [1.82, 2.24) is 15.3 Å². The maximum atomic E-state index is 13.4. The lowest BCUT2D eigenvalue weighted by molar-refractivity contribution is 0.0697. The molecule has 5 aromatic rings. The second-order valence-electron chi connectivity index (χ2n) is 6.95. The number of carbonyl (C=O) groups is 1. The Labute approximate surface area is 191 Å². The van der Waals surface area contributed by atoms with Crippen LogP contribution in [0.2, 0.25) is 0 Å². The van der Waals surface area contributed by atoms with Crippen molar-refractivity contribution in [3.05, 3.63) is 78.5 Å². The number of aromatic carboxylic acids is 1. The Morgan fingerprint density at radius 3 is 2.48 bits per heavy atom. The molecule has 3 aromatic carbocycles. The second kappa shape index (κ2) is 8.19. The Bertz CT molecular complexity index is 1610. The van der Waals surface area contributed by atoms with Crippen LogP contribution in [0.25, 0.3) is 21.9 Å². The maximum absolute atomic E-state index is 13.4. The van der Waals surface area contributed by atoms with E-state index in [0.29, 0.717) is 4.90 Å². The van der Waals surface area contributed by atoms with E-state index in [2.05, 4.69) is 20.0 Å². The van der Waals surface area contributed by atoms with Gasteiger partial charge in [0.1, 0.15) is 10.4 Å². The lowest BCUT2D eigenvalue weighted by atomic mass is 10.2. The van der Waals surface area contributed by atoms with Crippen molar-refractivity contribution in [1.29, 1.82) is 0 Å². The van der Waals surface area contributed by atoms with Gasteiger partial charge in [0.15, 0.2) is 5.52 Å². The molecule has 2 aromatic heterocycles. The number of nitrogens with zero attached hydrogens (tertiary/aromatic N) is 3. The Morgan fingerprint density at radius 2 is 1.70 bits per heavy atom. The third kappa shape index (κ3) is 3.99. The van der Waals surface area contributed by atoms with Gasteiger partial charge in [-0.25, -0.2) is 17.8 Å². The highest BCUT2D eigenvalue weighted by Crippen LogP contribution is 2.39. The quantitative estimate of drug-likeness (QED) is 0.363. The summed E-state index contributed by atoms with van der Waals surface area (Å²) in [7, 11) is -4.15. The third-order valence-electron chi connectivity index (χ3n) is 4.81. The molecular weight excluding hydrogens is 464 g/mol. The minimum atomic E-state index is -4.15. The fourth-order valence-electron chi connectivity index (χ4n) is 3.31. The van der Waals surface area contributed by atoms with Gasteiger partial charge in [0.05, 0.1) is 11.1 Å². The number of para-hydroxylation sites is 1. The first-order valence-electron chi connectivity index (χ1n) is 9.55. The lowest BCUT2D eigenvalue weighted by Gasteiger charge is -2.13. The van der Waals surface area contributed by atoms with Crippen LogP contribution in [-0.2, 0) is 10.0 Å². The van der Waals surface area contributed by atoms with E-state index in [1.807, 2.05) is 30.3 Å². The Hall–Kier alpha value is -3.96. The predicted molar refractivity (Wildman–Crippen MR) is 122 cm³/mol. The zero-order chi connectivity index (χ0) is 23.0. The molecule has 0 bridgehead atoms. The van der Waals surface area contributed by atoms with E-state index in [4.69, 9.17) is 9.74 Å².